The van der Waals surface area contributed by atoms with Crippen molar-refractivity contribution < 1.29 is 28.3 Å². The Kier molecular flexibility index (Phi) is 6.53. The first-order chi connectivity index (χ1) is 14.3. The number of non-ortho nitro benzene ring substituents is 1. The fourth-order valence-electron chi connectivity index (χ4n) is 3.56. The molecule has 0 spiro atoms. The van der Waals surface area contributed by atoms with Gasteiger partial charge in [-0.1, -0.05) is 19.1 Å². The van der Waals surface area contributed by atoms with E-state index in [-0.39, 0.29) is 24.2 Å². The van der Waals surface area contributed by atoms with E-state index in [0.717, 1.165) is 0 Å². The minimum Gasteiger partial charge on any atom is -0.466 e. The first-order valence-electron chi connectivity index (χ1n) is 9.44. The highest BCUT2D eigenvalue weighted by atomic mass is 31.2. The molecule has 3 atom stereocenters. The van der Waals surface area contributed by atoms with E-state index in [1.165, 1.54) is 19.2 Å². The van der Waals surface area contributed by atoms with Gasteiger partial charge in [0.15, 0.2) is 0 Å². The number of ether oxygens (including phenoxy) is 1. The molecule has 2 aliphatic rings. The van der Waals surface area contributed by atoms with Crippen molar-refractivity contribution in [3.63, 3.8) is 0 Å². The second-order valence-electron chi connectivity index (χ2n) is 7.02. The molecule has 1 aromatic carbocycles. The van der Waals surface area contributed by atoms with E-state index in [4.69, 9.17) is 13.8 Å². The molecule has 1 aromatic rings. The van der Waals surface area contributed by atoms with Crippen LogP contribution in [0.25, 0.3) is 0 Å². The molecule has 10 heteroatoms. The second-order valence-corrected chi connectivity index (χ2v) is 8.46. The van der Waals surface area contributed by atoms with E-state index in [2.05, 4.69) is 5.32 Å². The molecular weight excluding hydrogens is 411 g/mol. The molecule has 0 aliphatic carbocycles. The highest BCUT2D eigenvalue weighted by molar-refractivity contribution is 7.52. The second kappa shape index (κ2) is 8.93. The van der Waals surface area contributed by atoms with E-state index < -0.39 is 25.2 Å². The number of nitro groups is 1. The van der Waals surface area contributed by atoms with Gasteiger partial charge < -0.3 is 19.1 Å². The van der Waals surface area contributed by atoms with E-state index in [1.54, 1.807) is 26.0 Å². The van der Waals surface area contributed by atoms with Gasteiger partial charge in [0.25, 0.3) is 14.1 Å². The van der Waals surface area contributed by atoms with E-state index in [9.17, 15) is 19.7 Å². The molecule has 0 saturated carbocycles. The maximum atomic E-state index is 12.7. The lowest BCUT2D eigenvalue weighted by Gasteiger charge is -2.36. The van der Waals surface area contributed by atoms with Gasteiger partial charge in [-0.3, -0.25) is 14.9 Å². The lowest BCUT2D eigenvalue weighted by atomic mass is 9.86. The van der Waals surface area contributed by atoms with E-state index in [0.29, 0.717) is 34.3 Å². The molecule has 0 amide bonds. The average molecular weight is 434 g/mol. The van der Waals surface area contributed by atoms with Gasteiger partial charge in [-0.25, -0.2) is 4.79 Å². The summed E-state index contributed by atoms with van der Waals surface area (Å²) in [5, 5.41) is 15.0. The van der Waals surface area contributed by atoms with Crippen molar-refractivity contribution in [2.45, 2.75) is 33.1 Å². The Bertz CT molecular complexity index is 956. The van der Waals surface area contributed by atoms with Crippen LogP contribution in [0.5, 0.6) is 0 Å². The van der Waals surface area contributed by atoms with Crippen molar-refractivity contribution in [3.8, 4) is 0 Å². The van der Waals surface area contributed by atoms with Crippen LogP contribution in [0, 0.1) is 16.0 Å². The molecule has 160 valence electrons. The largest absolute Gasteiger partial charge is 0.466 e. The van der Waals surface area contributed by atoms with Gasteiger partial charge in [0.05, 0.1) is 41.4 Å². The number of hydrogen-bond acceptors (Lipinski definition) is 8. The smallest absolute Gasteiger partial charge is 0.336 e. The van der Waals surface area contributed by atoms with Gasteiger partial charge in [0, 0.05) is 23.5 Å². The molecule has 3 unspecified atom stereocenters. The zero-order valence-corrected chi connectivity index (χ0v) is 18.0. The highest BCUT2D eigenvalue weighted by Gasteiger charge is 2.43. The normalized spacial score (nSPS) is 24.3. The SMILES string of the molecule is CCC1COP(C2=C(C)NC(C)=C(C(=O)OC)C2c2cccc([N+](=O)[O-])c2)OC1=O. The summed E-state index contributed by atoms with van der Waals surface area (Å²) in [5.74, 6) is -1.98. The summed E-state index contributed by atoms with van der Waals surface area (Å²) >= 11 is 0. The van der Waals surface area contributed by atoms with Crippen molar-refractivity contribution in [1.82, 2.24) is 5.32 Å². The van der Waals surface area contributed by atoms with Crippen LogP contribution in [0.3, 0.4) is 0 Å². The minimum absolute atomic E-state index is 0.106. The molecule has 1 fully saturated rings. The summed E-state index contributed by atoms with van der Waals surface area (Å²) in [6.07, 6.45) is 0.596. The van der Waals surface area contributed by atoms with Gasteiger partial charge >= 0.3 is 11.9 Å². The number of carbonyl (C=O) groups excluding carboxylic acids is 2. The fraction of sp³-hybridized carbons (Fsp3) is 0.400. The molecule has 3 rings (SSSR count). The Hall–Kier alpha value is -2.77. The predicted molar refractivity (Wildman–Crippen MR) is 109 cm³/mol. The fourth-order valence-corrected chi connectivity index (χ4v) is 5.30. The molecule has 0 radical (unpaired) electrons. The molecule has 9 nitrogen and oxygen atoms in total. The lowest BCUT2D eigenvalue weighted by Crippen LogP contribution is -2.31. The molecule has 1 N–H and O–H groups in total. The van der Waals surface area contributed by atoms with Gasteiger partial charge in [-0.15, -0.1) is 0 Å². The third-order valence-electron chi connectivity index (χ3n) is 5.13. The molecule has 1 saturated heterocycles. The first-order valence-corrected chi connectivity index (χ1v) is 10.6. The number of carbonyl (C=O) groups is 2. The van der Waals surface area contributed by atoms with Crippen LogP contribution in [0.2, 0.25) is 0 Å². The monoisotopic (exact) mass is 434 g/mol. The Morgan fingerprint density at radius 2 is 2.10 bits per heavy atom. The number of rotatable bonds is 5. The molecule has 2 aliphatic heterocycles. The van der Waals surface area contributed by atoms with Crippen molar-refractivity contribution in [1.29, 1.82) is 0 Å². The highest BCUT2D eigenvalue weighted by Crippen LogP contribution is 2.60. The van der Waals surface area contributed by atoms with Crippen LogP contribution >= 0.6 is 8.38 Å². The van der Waals surface area contributed by atoms with Crippen LogP contribution in [-0.4, -0.2) is 30.6 Å². The van der Waals surface area contributed by atoms with Gasteiger partial charge in [-0.05, 0) is 25.8 Å². The summed E-state index contributed by atoms with van der Waals surface area (Å²) in [6.45, 7) is 5.62. The number of allylic oxidation sites excluding steroid dienone is 3. The summed E-state index contributed by atoms with van der Waals surface area (Å²) in [5.41, 5.74) is 1.93. The first kappa shape index (κ1) is 21.9. The maximum absolute atomic E-state index is 12.7. The van der Waals surface area contributed by atoms with Crippen LogP contribution < -0.4 is 5.32 Å². The molecular formula is C20H23N2O7P. The van der Waals surface area contributed by atoms with Gasteiger partial charge in [0.2, 0.25) is 0 Å². The third-order valence-corrected chi connectivity index (χ3v) is 6.85. The quantitative estimate of drug-likeness (QED) is 0.321. The topological polar surface area (TPSA) is 117 Å². The number of benzene rings is 1. The number of nitrogens with zero attached hydrogens (tertiary/aromatic N) is 1. The van der Waals surface area contributed by atoms with E-state index in [1.807, 2.05) is 6.92 Å². The predicted octanol–water partition coefficient (Wildman–Crippen LogP) is 3.87. The maximum Gasteiger partial charge on any atom is 0.336 e. The lowest BCUT2D eigenvalue weighted by molar-refractivity contribution is -0.384. The van der Waals surface area contributed by atoms with Gasteiger partial charge in [0.1, 0.15) is 0 Å². The number of nitro benzene ring substituents is 1. The summed E-state index contributed by atoms with van der Waals surface area (Å²) in [4.78, 5) is 35.9. The molecule has 0 bridgehead atoms. The zero-order valence-electron chi connectivity index (χ0n) is 17.1. The van der Waals surface area contributed by atoms with Crippen molar-refractivity contribution in [2.24, 2.45) is 5.92 Å². The Morgan fingerprint density at radius 3 is 2.70 bits per heavy atom. The summed E-state index contributed by atoms with van der Waals surface area (Å²) in [7, 11) is -0.538. The van der Waals surface area contributed by atoms with Crippen molar-refractivity contribution in [2.75, 3.05) is 13.7 Å². The Labute approximate surface area is 175 Å². The van der Waals surface area contributed by atoms with Crippen LogP contribution in [0.4, 0.5) is 5.69 Å². The van der Waals surface area contributed by atoms with Crippen LogP contribution in [0.15, 0.2) is 46.5 Å². The standard InChI is InChI=1S/C20H23N2O7P/c1-5-13-10-28-30(29-19(13)23)18-12(3)21-11(2)16(20(24)27-4)17(18)14-7-6-8-15(9-14)22(25)26/h6-9,13,17,21H,5,10H2,1-4H3. The summed E-state index contributed by atoms with van der Waals surface area (Å²) in [6, 6.07) is 6.04. The average Bonchev–Trinajstić information content (AvgIpc) is 2.72. The van der Waals surface area contributed by atoms with Crippen molar-refractivity contribution >= 4 is 26.0 Å². The van der Waals surface area contributed by atoms with Crippen LogP contribution in [-0.2, 0) is 23.4 Å². The van der Waals surface area contributed by atoms with E-state index >= 15 is 0 Å². The Balaban J connectivity index is 2.13. The number of dihydropyridines is 1. The van der Waals surface area contributed by atoms with Crippen molar-refractivity contribution in [3.05, 3.63) is 62.2 Å². The molecule has 0 aromatic heterocycles. The zero-order chi connectivity index (χ0) is 22.0. The van der Waals surface area contributed by atoms with Crippen LogP contribution in [0.1, 0.15) is 38.7 Å². The number of nitrogens with one attached hydrogen (secondary N) is 1. The Morgan fingerprint density at radius 1 is 1.37 bits per heavy atom. The number of methoxy groups -OCH3 is 1. The summed E-state index contributed by atoms with van der Waals surface area (Å²) < 4.78 is 16.5. The number of hydrogen-bond donors (Lipinski definition) is 1. The third kappa shape index (κ3) is 4.08. The molecule has 30 heavy (non-hydrogen) atoms. The molecule has 2 heterocycles. The number of esters is 1. The van der Waals surface area contributed by atoms with Gasteiger partial charge in [-0.2, -0.15) is 0 Å². The minimum atomic E-state index is -1.81.